The second-order valence-electron chi connectivity index (χ2n) is 10.2. The lowest BCUT2D eigenvalue weighted by molar-refractivity contribution is -0.155. The van der Waals surface area contributed by atoms with Gasteiger partial charge in [0.2, 0.25) is 0 Å². The van der Waals surface area contributed by atoms with Gasteiger partial charge in [0.1, 0.15) is 12.2 Å². The summed E-state index contributed by atoms with van der Waals surface area (Å²) < 4.78 is 11.4. The molecule has 0 heterocycles. The van der Waals surface area contributed by atoms with Crippen molar-refractivity contribution < 1.29 is 24.2 Å². The fourth-order valence-corrected chi connectivity index (χ4v) is 4.92. The van der Waals surface area contributed by atoms with Crippen molar-refractivity contribution >= 4 is 12.4 Å². The molecule has 0 aromatic carbocycles. The summed E-state index contributed by atoms with van der Waals surface area (Å²) >= 11 is 0. The Bertz CT molecular complexity index is 561. The van der Waals surface area contributed by atoms with Crippen LogP contribution in [0, 0.1) is 23.7 Å². The predicted octanol–water partition coefficient (Wildman–Crippen LogP) is 8.28. The van der Waals surface area contributed by atoms with E-state index in [1.807, 2.05) is 27.7 Å². The summed E-state index contributed by atoms with van der Waals surface area (Å²) in [6.07, 6.45) is 8.19. The van der Waals surface area contributed by atoms with Crippen LogP contribution in [0.2, 0.25) is 0 Å². The van der Waals surface area contributed by atoms with E-state index in [1.165, 1.54) is 5.57 Å². The first-order chi connectivity index (χ1) is 17.2. The van der Waals surface area contributed by atoms with Gasteiger partial charge < -0.3 is 14.6 Å². The molecule has 0 spiro atoms. The summed E-state index contributed by atoms with van der Waals surface area (Å²) in [5.41, 5.74) is 1.20. The first-order valence-corrected chi connectivity index (χ1v) is 14.8. The third kappa shape index (κ3) is 15.0. The number of rotatable bonds is 21. The number of esters is 1. The lowest BCUT2D eigenvalue weighted by Gasteiger charge is -2.36. The van der Waals surface area contributed by atoms with Crippen LogP contribution in [0.25, 0.3) is 0 Å². The van der Waals surface area contributed by atoms with Crippen molar-refractivity contribution in [3.8, 4) is 0 Å². The highest BCUT2D eigenvalue weighted by molar-refractivity contribution is 5.72. The van der Waals surface area contributed by atoms with Gasteiger partial charge in [0, 0.05) is 6.42 Å². The highest BCUT2D eigenvalue weighted by Gasteiger charge is 2.32. The molecule has 0 aliphatic heterocycles. The summed E-state index contributed by atoms with van der Waals surface area (Å²) in [5.74, 6) is 0.875. The number of carbonyl (C=O) groups excluding carboxylic acids is 2. The fourth-order valence-electron chi connectivity index (χ4n) is 4.92. The van der Waals surface area contributed by atoms with E-state index < -0.39 is 6.10 Å². The molecule has 5 heteroatoms. The normalized spacial score (nSPS) is 16.8. The van der Waals surface area contributed by atoms with Crippen LogP contribution in [0.1, 0.15) is 133 Å². The molecule has 0 saturated carbocycles. The van der Waals surface area contributed by atoms with E-state index in [-0.39, 0.29) is 30.0 Å². The van der Waals surface area contributed by atoms with Crippen LogP contribution in [0.5, 0.6) is 0 Å². The van der Waals surface area contributed by atoms with Gasteiger partial charge >= 0.3 is 5.97 Å². The minimum atomic E-state index is -0.466. The standard InChI is InChI=1S/C29H54O5.C2H6/c1-9-14-23(8)29(32)34-26(15-10-2)19-28(22(7)12-4)27(21(6)11-3)17-16-25(33-20-30)18-24(31)13-5;1-2/h20-21,23-28,31H,7,9-19H2,1-6,8H3;1-2H3/t21-,23?,24-,25?,26?,27-,28?;/m0./s1. The van der Waals surface area contributed by atoms with E-state index in [9.17, 15) is 14.7 Å². The Morgan fingerprint density at radius 2 is 1.50 bits per heavy atom. The van der Waals surface area contributed by atoms with Crippen LogP contribution in [0.4, 0.5) is 0 Å². The molecule has 214 valence electrons. The zero-order valence-corrected chi connectivity index (χ0v) is 25.2. The van der Waals surface area contributed by atoms with Crippen LogP contribution in [-0.4, -0.2) is 35.9 Å². The Hall–Kier alpha value is -1.36. The number of allylic oxidation sites excluding steroid dienone is 1. The number of hydrogen-bond donors (Lipinski definition) is 1. The smallest absolute Gasteiger partial charge is 0.308 e. The summed E-state index contributed by atoms with van der Waals surface area (Å²) in [7, 11) is 0. The van der Waals surface area contributed by atoms with Gasteiger partial charge in [-0.05, 0) is 62.7 Å². The highest BCUT2D eigenvalue weighted by atomic mass is 16.5. The number of aliphatic hydroxyl groups excluding tert-OH is 1. The van der Waals surface area contributed by atoms with Crippen molar-refractivity contribution in [1.29, 1.82) is 0 Å². The largest absolute Gasteiger partial charge is 0.464 e. The molecule has 0 radical (unpaired) electrons. The van der Waals surface area contributed by atoms with E-state index >= 15 is 0 Å². The van der Waals surface area contributed by atoms with Crippen molar-refractivity contribution in [1.82, 2.24) is 0 Å². The average Bonchev–Trinajstić information content (AvgIpc) is 2.88. The van der Waals surface area contributed by atoms with Crippen molar-refractivity contribution in [2.75, 3.05) is 0 Å². The van der Waals surface area contributed by atoms with Crippen LogP contribution in [0.15, 0.2) is 12.2 Å². The first kappa shape index (κ1) is 36.8. The van der Waals surface area contributed by atoms with Gasteiger partial charge in [-0.25, -0.2) is 0 Å². The van der Waals surface area contributed by atoms with Gasteiger partial charge in [-0.3, -0.25) is 9.59 Å². The molecule has 0 aliphatic carbocycles. The first-order valence-electron chi connectivity index (χ1n) is 14.8. The molecule has 36 heavy (non-hydrogen) atoms. The quantitative estimate of drug-likeness (QED) is 0.0951. The summed E-state index contributed by atoms with van der Waals surface area (Å²) in [5, 5.41) is 10.1. The molecular weight excluding hydrogens is 452 g/mol. The summed E-state index contributed by atoms with van der Waals surface area (Å²) in [4.78, 5) is 23.8. The maximum absolute atomic E-state index is 12.7. The lowest BCUT2D eigenvalue weighted by Crippen LogP contribution is -2.31. The molecule has 0 amide bonds. The predicted molar refractivity (Wildman–Crippen MR) is 152 cm³/mol. The fraction of sp³-hybridized carbons (Fsp3) is 0.871. The summed E-state index contributed by atoms with van der Waals surface area (Å²) in [6.45, 7) is 23.7. The second-order valence-corrected chi connectivity index (χ2v) is 10.2. The maximum atomic E-state index is 12.7. The van der Waals surface area contributed by atoms with Crippen LogP contribution in [0.3, 0.4) is 0 Å². The minimum absolute atomic E-state index is 0.0752. The Morgan fingerprint density at radius 1 is 0.889 bits per heavy atom. The van der Waals surface area contributed by atoms with Crippen LogP contribution >= 0.6 is 0 Å². The molecular formula is C31H60O5. The Balaban J connectivity index is 0. The van der Waals surface area contributed by atoms with Gasteiger partial charge in [-0.2, -0.15) is 0 Å². The number of hydrogen-bond acceptors (Lipinski definition) is 5. The van der Waals surface area contributed by atoms with E-state index in [1.54, 1.807) is 0 Å². The van der Waals surface area contributed by atoms with Crippen molar-refractivity contribution in [3.63, 3.8) is 0 Å². The molecule has 0 rings (SSSR count). The zero-order valence-electron chi connectivity index (χ0n) is 25.2. The third-order valence-corrected chi connectivity index (χ3v) is 7.48. The molecule has 7 atom stereocenters. The maximum Gasteiger partial charge on any atom is 0.308 e. The molecule has 0 saturated heterocycles. The van der Waals surface area contributed by atoms with Crippen LogP contribution in [-0.2, 0) is 19.1 Å². The van der Waals surface area contributed by atoms with Crippen molar-refractivity contribution in [2.45, 2.75) is 151 Å². The monoisotopic (exact) mass is 512 g/mol. The van der Waals surface area contributed by atoms with Gasteiger partial charge in [-0.15, -0.1) is 0 Å². The minimum Gasteiger partial charge on any atom is -0.464 e. The molecule has 0 aliphatic rings. The zero-order chi connectivity index (χ0) is 28.1. The SMILES string of the molecule is C=C(CC)C(CC(CCC)OC(=O)C(C)CCC)[C@@H](CCC(C[C@@H](O)CC)OC=O)[C@@H](C)CC.CC. The van der Waals surface area contributed by atoms with E-state index in [4.69, 9.17) is 9.47 Å². The Labute approximate surface area is 223 Å². The topological polar surface area (TPSA) is 72.8 Å². The van der Waals surface area contributed by atoms with Gasteiger partial charge in [0.05, 0.1) is 12.0 Å². The molecule has 4 unspecified atom stereocenters. The average molecular weight is 513 g/mol. The molecule has 1 N–H and O–H groups in total. The molecule has 0 fully saturated rings. The van der Waals surface area contributed by atoms with Crippen molar-refractivity contribution in [3.05, 3.63) is 12.2 Å². The summed E-state index contributed by atoms with van der Waals surface area (Å²) in [6, 6.07) is 0. The van der Waals surface area contributed by atoms with Gasteiger partial charge in [-0.1, -0.05) is 93.7 Å². The lowest BCUT2D eigenvalue weighted by atomic mass is 9.71. The van der Waals surface area contributed by atoms with E-state index in [2.05, 4.69) is 41.2 Å². The Kier molecular flexibility index (Phi) is 23.3. The van der Waals surface area contributed by atoms with E-state index in [0.29, 0.717) is 37.6 Å². The molecule has 0 aromatic rings. The van der Waals surface area contributed by atoms with Crippen LogP contribution < -0.4 is 0 Å². The number of carbonyl (C=O) groups is 2. The van der Waals surface area contributed by atoms with E-state index in [0.717, 1.165) is 51.4 Å². The van der Waals surface area contributed by atoms with Crippen molar-refractivity contribution in [2.24, 2.45) is 23.7 Å². The van der Waals surface area contributed by atoms with Gasteiger partial charge in [0.15, 0.2) is 0 Å². The highest BCUT2D eigenvalue weighted by Crippen LogP contribution is 2.38. The molecule has 0 aromatic heterocycles. The number of ether oxygens (including phenoxy) is 2. The molecule has 5 nitrogen and oxygen atoms in total. The Morgan fingerprint density at radius 3 is 1.97 bits per heavy atom. The second kappa shape index (κ2) is 22.8. The van der Waals surface area contributed by atoms with Gasteiger partial charge in [0.25, 0.3) is 6.47 Å². The number of aliphatic hydroxyl groups is 1. The third-order valence-electron chi connectivity index (χ3n) is 7.48. The molecule has 0 bridgehead atoms.